The Kier molecular flexibility index (Phi) is 14.0. The number of rotatable bonds is 7. The maximum atomic E-state index is 7.20. The van der Waals surface area contributed by atoms with Crippen molar-refractivity contribution >= 4 is 123 Å². The molecule has 0 radical (unpaired) electrons. The van der Waals surface area contributed by atoms with E-state index in [0.29, 0.717) is 35.4 Å². The lowest BCUT2D eigenvalue weighted by Crippen LogP contribution is -2.36. The molecule has 0 saturated carbocycles. The molecule has 0 bridgehead atoms. The normalized spacial score (nSPS) is 13.9. The highest BCUT2D eigenvalue weighted by Crippen LogP contribution is 2.65. The molecule has 4 aliphatic heterocycles. The van der Waals surface area contributed by atoms with Crippen molar-refractivity contribution in [3.63, 3.8) is 0 Å². The molecule has 2 spiro atoms. The lowest BCUT2D eigenvalue weighted by atomic mass is 9.63. The topological polar surface area (TPSA) is 106 Å². The van der Waals surface area contributed by atoms with Gasteiger partial charge in [0.1, 0.15) is 11.5 Å². The zero-order valence-electron chi connectivity index (χ0n) is 62.7. The second kappa shape index (κ2) is 25.0. The van der Waals surface area contributed by atoms with Crippen LogP contribution in [0, 0.1) is 0 Å². The monoisotopic (exact) mass is 1560 g/mol. The van der Waals surface area contributed by atoms with Crippen LogP contribution in [0.1, 0.15) is 44.5 Å². The predicted molar refractivity (Wildman–Crippen MR) is 476 cm³/mol. The van der Waals surface area contributed by atoms with E-state index in [2.05, 4.69) is 382 Å². The second-order valence-corrected chi connectivity index (χ2v) is 33.9. The van der Waals surface area contributed by atoms with E-state index in [1.54, 1.807) is 11.8 Å². The van der Waals surface area contributed by atoms with Crippen molar-refractivity contribution in [2.24, 2.45) is 0 Å². The first-order chi connectivity index (χ1) is 58.5. The molecule has 0 saturated heterocycles. The Hall–Kier alpha value is -14.4. The summed E-state index contributed by atoms with van der Waals surface area (Å²) in [6.07, 6.45) is 0. The zero-order valence-corrected chi connectivity index (χ0v) is 65.2. The van der Waals surface area contributed by atoms with Gasteiger partial charge in [-0.15, -0.1) is 0 Å². The van der Waals surface area contributed by atoms with Crippen LogP contribution in [-0.4, -0.2) is 48.2 Å². The van der Waals surface area contributed by atoms with E-state index in [0.717, 1.165) is 137 Å². The molecule has 0 unspecified atom stereocenters. The van der Waals surface area contributed by atoms with E-state index in [1.807, 2.05) is 23.5 Å². The molecular weight excluding hydrogens is 1500 g/mol. The molecule has 22 aromatic rings. The summed E-state index contributed by atoms with van der Waals surface area (Å²) in [5.74, 6) is 4.52. The van der Waals surface area contributed by atoms with Gasteiger partial charge in [-0.1, -0.05) is 308 Å². The van der Waals surface area contributed by atoms with Crippen LogP contribution in [0.4, 0.5) is 0 Å². The third kappa shape index (κ3) is 9.13. The van der Waals surface area contributed by atoms with Gasteiger partial charge in [0, 0.05) is 94.7 Å². The second-order valence-electron chi connectivity index (χ2n) is 30.7. The van der Waals surface area contributed by atoms with E-state index in [-0.39, 0.29) is 0 Å². The van der Waals surface area contributed by atoms with E-state index < -0.39 is 10.8 Å². The lowest BCUT2D eigenvalue weighted by Gasteiger charge is -2.45. The SMILES string of the molecule is c1ccc2c(c1)Oc1cc(-c3nc(-n4c5ccccc5c5ccccc54)nc(-n4c5ccccc5c5c(-c6ccc7c8ccccc8n(-c8nc(-c9cccc%10c9Sc9ccccc9C%109c%10ccccc%10Sc%10ccccc%109)nc(-n9c%10ccccc%10c%10ccccc%109)n8)c7c6)cccc54)n3)ccc1C21c2ccccc2Sc2ccccc21. The molecule has 550 valence electrons. The average Bonchev–Trinajstić information content (AvgIpc) is 0.972. The molecule has 0 N–H and O–H groups in total. The van der Waals surface area contributed by atoms with Gasteiger partial charge in [0.15, 0.2) is 11.6 Å². The summed E-state index contributed by atoms with van der Waals surface area (Å²) in [7, 11) is 0. The Balaban J connectivity index is 0.688. The van der Waals surface area contributed by atoms with Crippen LogP contribution in [0.25, 0.3) is 145 Å². The van der Waals surface area contributed by atoms with Crippen LogP contribution in [0.3, 0.4) is 0 Å². The summed E-state index contributed by atoms with van der Waals surface area (Å²) in [5, 5.41) is 8.63. The van der Waals surface area contributed by atoms with Gasteiger partial charge in [-0.3, -0.25) is 18.3 Å². The average molecular weight is 1560 g/mol. The Labute approximate surface area is 688 Å². The Morgan fingerprint density at radius 3 is 1.06 bits per heavy atom. The molecule has 16 aromatic carbocycles. The van der Waals surface area contributed by atoms with E-state index >= 15 is 0 Å². The summed E-state index contributed by atoms with van der Waals surface area (Å²) in [6.45, 7) is 0. The number of hydrogen-bond acceptors (Lipinski definition) is 10. The summed E-state index contributed by atoms with van der Waals surface area (Å²) < 4.78 is 16.1. The van der Waals surface area contributed by atoms with Gasteiger partial charge in [0.2, 0.25) is 23.8 Å². The van der Waals surface area contributed by atoms with Crippen LogP contribution in [0.5, 0.6) is 11.5 Å². The fourth-order valence-corrected chi connectivity index (χ4v) is 23.7. The standard InChI is InChI=1S/C104H60N10OS3/c1-13-42-80-64(27-1)65-28-2-14-43-81(65)111(80)99-105-97(62-56-58-73-89(60-62)115-88-49-19-7-35-72(88)103(73)74-36-8-20-50-90(74)116-91-51-21-9-37-75(91)103)106-100(109-99)113-85-47-18-6-32-70(85)95-63(33-26-48-86(95)113)61-55-57-69-68-31-5-17-46-84(68)114(87(69)59-61)102-108-98(107-101(110-102)112-82-44-15-3-29-66(82)67-30-4-16-45-83(67)112)71-34-25-41-79-96(71)118-94-54-24-12-40-78(94)104(79)76-38-10-22-52-92(76)117-93-53-23-11-39-77(93)104/h1-60H. The van der Waals surface area contributed by atoms with Crippen LogP contribution >= 0.6 is 35.3 Å². The van der Waals surface area contributed by atoms with Crippen LogP contribution in [-0.2, 0) is 10.8 Å². The maximum absolute atomic E-state index is 7.20. The van der Waals surface area contributed by atoms with E-state index in [1.165, 1.54) is 57.9 Å². The number of ether oxygens (including phenoxy) is 1. The number of nitrogens with zero attached hydrogens (tertiary/aromatic N) is 10. The van der Waals surface area contributed by atoms with Crippen molar-refractivity contribution < 1.29 is 4.74 Å². The highest BCUT2D eigenvalue weighted by atomic mass is 32.2. The molecule has 26 rings (SSSR count). The molecule has 0 atom stereocenters. The highest BCUT2D eigenvalue weighted by Gasteiger charge is 2.51. The van der Waals surface area contributed by atoms with Crippen LogP contribution < -0.4 is 4.74 Å². The fourth-order valence-electron chi connectivity index (χ4n) is 20.0. The first-order valence-electron chi connectivity index (χ1n) is 39.6. The number of hydrogen-bond donors (Lipinski definition) is 0. The maximum Gasteiger partial charge on any atom is 0.240 e. The van der Waals surface area contributed by atoms with E-state index in [4.69, 9.17) is 34.6 Å². The van der Waals surface area contributed by atoms with Crippen molar-refractivity contribution in [2.45, 2.75) is 40.2 Å². The lowest BCUT2D eigenvalue weighted by molar-refractivity contribution is 0.431. The molecule has 0 aliphatic carbocycles. The Morgan fingerprint density at radius 2 is 0.559 bits per heavy atom. The Morgan fingerprint density at radius 1 is 0.220 bits per heavy atom. The zero-order chi connectivity index (χ0) is 77.1. The number of benzene rings is 16. The number of fused-ring (bicyclic) bond motifs is 28. The van der Waals surface area contributed by atoms with Gasteiger partial charge in [0.25, 0.3) is 0 Å². The number of aromatic nitrogens is 10. The van der Waals surface area contributed by atoms with Gasteiger partial charge < -0.3 is 4.74 Å². The summed E-state index contributed by atoms with van der Waals surface area (Å²) in [6, 6.07) is 132. The largest absolute Gasteiger partial charge is 0.457 e. The van der Waals surface area contributed by atoms with Gasteiger partial charge in [-0.2, -0.15) is 29.9 Å². The smallest absolute Gasteiger partial charge is 0.240 e. The summed E-state index contributed by atoms with van der Waals surface area (Å²) >= 11 is 5.47. The third-order valence-corrected chi connectivity index (χ3v) is 28.3. The van der Waals surface area contributed by atoms with Crippen molar-refractivity contribution in [3.05, 3.63) is 408 Å². The van der Waals surface area contributed by atoms with Gasteiger partial charge >= 0.3 is 0 Å². The molecule has 10 heterocycles. The fraction of sp³-hybridized carbons (Fsp3) is 0.0192. The highest BCUT2D eigenvalue weighted by molar-refractivity contribution is 8.00. The van der Waals surface area contributed by atoms with Crippen LogP contribution in [0.15, 0.2) is 393 Å². The van der Waals surface area contributed by atoms with Crippen molar-refractivity contribution in [1.29, 1.82) is 0 Å². The molecule has 14 heteroatoms. The third-order valence-electron chi connectivity index (χ3n) is 24.8. The van der Waals surface area contributed by atoms with Gasteiger partial charge in [0.05, 0.1) is 55.0 Å². The molecular formula is C104H60N10OS3. The van der Waals surface area contributed by atoms with Gasteiger partial charge in [-0.25, -0.2) is 0 Å². The molecule has 0 amide bonds. The molecule has 118 heavy (non-hydrogen) atoms. The van der Waals surface area contributed by atoms with E-state index in [9.17, 15) is 0 Å². The molecule has 0 fully saturated rings. The predicted octanol–water partition coefficient (Wildman–Crippen LogP) is 25.7. The quantitative estimate of drug-likeness (QED) is 0.153. The molecule has 6 aromatic heterocycles. The molecule has 4 aliphatic rings. The Bertz CT molecular complexity index is 7920. The minimum atomic E-state index is -0.687. The number of para-hydroxylation sites is 7. The minimum Gasteiger partial charge on any atom is -0.457 e. The van der Waals surface area contributed by atoms with Crippen molar-refractivity contribution in [3.8, 4) is 69.2 Å². The summed E-state index contributed by atoms with van der Waals surface area (Å²) in [5.41, 5.74) is 19.6. The minimum absolute atomic E-state index is 0.461. The van der Waals surface area contributed by atoms with Crippen LogP contribution in [0.2, 0.25) is 0 Å². The first kappa shape index (κ1) is 65.9. The van der Waals surface area contributed by atoms with Crippen molar-refractivity contribution in [2.75, 3.05) is 0 Å². The summed E-state index contributed by atoms with van der Waals surface area (Å²) in [4.78, 5) is 41.6. The first-order valence-corrected chi connectivity index (χ1v) is 42.1. The van der Waals surface area contributed by atoms with Gasteiger partial charge in [-0.05, 0) is 136 Å². The molecule has 11 nitrogen and oxygen atoms in total. The van der Waals surface area contributed by atoms with Crippen molar-refractivity contribution in [1.82, 2.24) is 48.2 Å².